The van der Waals surface area contributed by atoms with Crippen molar-refractivity contribution in [3.8, 4) is 22.6 Å². The maximum Gasteiger partial charge on any atom is 0.417 e. The van der Waals surface area contributed by atoms with Crippen LogP contribution in [0.3, 0.4) is 0 Å². The van der Waals surface area contributed by atoms with Gasteiger partial charge in [0.15, 0.2) is 0 Å². The fourth-order valence-corrected chi connectivity index (χ4v) is 3.91. The smallest absolute Gasteiger partial charge is 0.417 e. The van der Waals surface area contributed by atoms with E-state index >= 15 is 0 Å². The van der Waals surface area contributed by atoms with E-state index in [9.17, 15) is 31.1 Å². The summed E-state index contributed by atoms with van der Waals surface area (Å²) in [5.74, 6) is 0.134. The quantitative estimate of drug-likeness (QED) is 0.170. The lowest BCUT2D eigenvalue weighted by atomic mass is 10.1. The number of carboxylic acids is 1. The molecule has 0 bridgehead atoms. The van der Waals surface area contributed by atoms with Crippen LogP contribution in [0.5, 0.6) is 0 Å². The Morgan fingerprint density at radius 2 is 1.15 bits per heavy atom. The van der Waals surface area contributed by atoms with Gasteiger partial charge in [-0.3, -0.25) is 0 Å². The number of rotatable bonds is 5. The van der Waals surface area contributed by atoms with Crippen LogP contribution in [0, 0.1) is 0 Å². The Kier molecular flexibility index (Phi) is 9.99. The summed E-state index contributed by atoms with van der Waals surface area (Å²) in [5, 5.41) is 7.76. The molecule has 0 amide bonds. The van der Waals surface area contributed by atoms with Gasteiger partial charge in [0.1, 0.15) is 23.0 Å². The van der Waals surface area contributed by atoms with Crippen molar-refractivity contribution >= 4 is 57.3 Å². The van der Waals surface area contributed by atoms with Gasteiger partial charge in [0.2, 0.25) is 0 Å². The first-order valence-corrected chi connectivity index (χ1v) is 12.5. The van der Waals surface area contributed by atoms with Crippen molar-refractivity contribution in [3.05, 3.63) is 104 Å². The fourth-order valence-electron chi connectivity index (χ4n) is 3.20. The normalized spacial score (nSPS) is 12.1. The maximum atomic E-state index is 12.8. The van der Waals surface area contributed by atoms with Crippen LogP contribution in [0.2, 0.25) is 10.0 Å². The second-order valence-electron chi connectivity index (χ2n) is 7.75. The number of furan rings is 2. The highest BCUT2D eigenvalue weighted by Crippen LogP contribution is 2.38. The molecule has 0 aliphatic carbocycles. The van der Waals surface area contributed by atoms with Gasteiger partial charge in [-0.15, -0.1) is 0 Å². The molecule has 1 N–H and O–H groups in total. The Balaban J connectivity index is 0.000000222. The average molecular weight is 668 g/mol. The van der Waals surface area contributed by atoms with Gasteiger partial charge in [-0.25, -0.2) is 4.79 Å². The summed E-state index contributed by atoms with van der Waals surface area (Å²) >= 11 is 14.2. The second-order valence-corrected chi connectivity index (χ2v) is 9.10. The summed E-state index contributed by atoms with van der Waals surface area (Å²) in [4.78, 5) is 12.0. The molecule has 2 aromatic carbocycles. The monoisotopic (exact) mass is 666 g/mol. The summed E-state index contributed by atoms with van der Waals surface area (Å²) in [6.45, 7) is 0. The third-order valence-corrected chi connectivity index (χ3v) is 5.91. The Labute approximate surface area is 241 Å². The van der Waals surface area contributed by atoms with Gasteiger partial charge in [-0.1, -0.05) is 39.1 Å². The van der Waals surface area contributed by atoms with Crippen molar-refractivity contribution in [2.75, 3.05) is 0 Å². The Hall–Kier alpha value is -3.41. The summed E-state index contributed by atoms with van der Waals surface area (Å²) in [6, 6.07) is 13.2. The van der Waals surface area contributed by atoms with Crippen LogP contribution in [0.4, 0.5) is 26.3 Å². The highest BCUT2D eigenvalue weighted by atomic mass is 79.9. The maximum absolute atomic E-state index is 12.8. The van der Waals surface area contributed by atoms with E-state index in [-0.39, 0.29) is 22.1 Å². The molecule has 13 heteroatoms. The number of hydrogen-bond donors (Lipinski definition) is 1. The van der Waals surface area contributed by atoms with Crippen molar-refractivity contribution in [1.82, 2.24) is 0 Å². The zero-order chi connectivity index (χ0) is 29.7. The SMILES string of the molecule is FC(F)(F)c1cc(-c2ccc(/C=C/Br)o2)ccc1Cl.O=C(O)/C=C/c1ccc(-c2ccc(Cl)c(C(F)(F)F)c2)o1. The second kappa shape index (κ2) is 12.8. The first-order chi connectivity index (χ1) is 18.7. The predicted molar refractivity (Wildman–Crippen MR) is 143 cm³/mol. The van der Waals surface area contributed by atoms with E-state index in [1.165, 1.54) is 36.4 Å². The molecular weight excluding hydrogens is 653 g/mol. The zero-order valence-electron chi connectivity index (χ0n) is 19.7. The standard InChI is InChI=1S/C14H8ClF3O3.C13H7BrClF3O/c15-11-4-1-8(7-10(11)14(16,17)18)12-5-2-9(21-12)3-6-13(19)20;14-6-5-9-2-4-12(19-9)8-1-3-11(15)10(7-8)13(16,17)18/h1-7H,(H,19,20);1-7H/b6-3+;6-5+. The van der Waals surface area contributed by atoms with Crippen LogP contribution in [0.15, 0.2) is 80.6 Å². The molecule has 0 saturated heterocycles. The lowest BCUT2D eigenvalue weighted by Crippen LogP contribution is -2.05. The van der Waals surface area contributed by atoms with Gasteiger partial charge in [-0.05, 0) is 77.8 Å². The third-order valence-electron chi connectivity index (χ3n) is 4.98. The zero-order valence-corrected chi connectivity index (χ0v) is 22.8. The lowest BCUT2D eigenvalue weighted by molar-refractivity contribution is -0.138. The molecule has 4 aromatic rings. The van der Waals surface area contributed by atoms with Crippen molar-refractivity contribution in [2.24, 2.45) is 0 Å². The molecular formula is C27H15BrCl2F6O4. The summed E-state index contributed by atoms with van der Waals surface area (Å²) in [6.07, 6.45) is -5.34. The van der Waals surface area contributed by atoms with Crippen molar-refractivity contribution in [1.29, 1.82) is 0 Å². The van der Waals surface area contributed by atoms with E-state index in [2.05, 4.69) is 15.9 Å². The summed E-state index contributed by atoms with van der Waals surface area (Å²) in [5.41, 5.74) is -1.31. The van der Waals surface area contributed by atoms with Crippen LogP contribution in [-0.2, 0) is 17.1 Å². The third kappa shape index (κ3) is 8.30. The van der Waals surface area contributed by atoms with Crippen molar-refractivity contribution < 1.29 is 45.1 Å². The number of hydrogen-bond acceptors (Lipinski definition) is 3. The topological polar surface area (TPSA) is 63.6 Å². The lowest BCUT2D eigenvalue weighted by Gasteiger charge is -2.09. The Bertz CT molecular complexity index is 1550. The highest BCUT2D eigenvalue weighted by Gasteiger charge is 2.34. The van der Waals surface area contributed by atoms with Gasteiger partial charge >= 0.3 is 18.3 Å². The molecule has 0 saturated carbocycles. The minimum Gasteiger partial charge on any atom is -0.478 e. The van der Waals surface area contributed by atoms with Gasteiger partial charge in [0.05, 0.1) is 21.2 Å². The van der Waals surface area contributed by atoms with Crippen LogP contribution in [0.1, 0.15) is 22.6 Å². The van der Waals surface area contributed by atoms with E-state index < -0.39 is 34.5 Å². The largest absolute Gasteiger partial charge is 0.478 e. The highest BCUT2D eigenvalue weighted by molar-refractivity contribution is 9.11. The molecule has 4 nitrogen and oxygen atoms in total. The van der Waals surface area contributed by atoms with E-state index in [1.54, 1.807) is 23.2 Å². The first-order valence-electron chi connectivity index (χ1n) is 10.8. The molecule has 0 unspecified atom stereocenters. The van der Waals surface area contributed by atoms with E-state index in [0.29, 0.717) is 17.1 Å². The van der Waals surface area contributed by atoms with Crippen LogP contribution in [-0.4, -0.2) is 11.1 Å². The average Bonchev–Trinajstić information content (AvgIpc) is 3.53. The molecule has 0 atom stereocenters. The molecule has 40 heavy (non-hydrogen) atoms. The summed E-state index contributed by atoms with van der Waals surface area (Å²) in [7, 11) is 0. The van der Waals surface area contributed by atoms with Crippen LogP contribution in [0.25, 0.3) is 34.8 Å². The van der Waals surface area contributed by atoms with E-state index in [1.807, 2.05) is 0 Å². The van der Waals surface area contributed by atoms with Crippen LogP contribution >= 0.6 is 39.1 Å². The number of benzene rings is 2. The first kappa shape index (κ1) is 31.1. The van der Waals surface area contributed by atoms with Gasteiger partial charge in [0.25, 0.3) is 0 Å². The summed E-state index contributed by atoms with van der Waals surface area (Å²) < 4.78 is 87.2. The number of carboxylic acid groups (broad SMARTS) is 1. The van der Waals surface area contributed by atoms with E-state index in [0.717, 1.165) is 24.3 Å². The molecule has 0 radical (unpaired) electrons. The van der Waals surface area contributed by atoms with Crippen LogP contribution < -0.4 is 0 Å². The molecule has 0 fully saturated rings. The molecule has 2 heterocycles. The van der Waals surface area contributed by atoms with Gasteiger partial charge < -0.3 is 13.9 Å². The minimum atomic E-state index is -4.56. The molecule has 2 aromatic heterocycles. The van der Waals surface area contributed by atoms with Gasteiger partial charge in [-0.2, -0.15) is 26.3 Å². The molecule has 0 spiro atoms. The van der Waals surface area contributed by atoms with Crippen molar-refractivity contribution in [3.63, 3.8) is 0 Å². The van der Waals surface area contributed by atoms with Gasteiger partial charge in [0, 0.05) is 17.2 Å². The van der Waals surface area contributed by atoms with E-state index in [4.69, 9.17) is 37.1 Å². The Morgan fingerprint density at radius 3 is 1.52 bits per heavy atom. The molecule has 0 aliphatic rings. The number of aliphatic carboxylic acids is 1. The Morgan fingerprint density at radius 1 is 0.725 bits per heavy atom. The molecule has 0 aliphatic heterocycles. The minimum absolute atomic E-state index is 0.183. The predicted octanol–water partition coefficient (Wildman–Crippen LogP) is 10.7. The molecule has 4 rings (SSSR count). The van der Waals surface area contributed by atoms with Crippen molar-refractivity contribution in [2.45, 2.75) is 12.4 Å². The molecule has 210 valence electrons. The number of halogens is 9. The fraction of sp³-hybridized carbons (Fsp3) is 0.0741. The number of carbonyl (C=O) groups is 1. The number of alkyl halides is 6.